The Morgan fingerprint density at radius 2 is 1.62 bits per heavy atom. The zero-order chi connectivity index (χ0) is 14.0. The third-order valence-corrected chi connectivity index (χ3v) is 5.38. The Kier molecular flexibility index (Phi) is 2.09. The fraction of sp³-hybridized carbons (Fsp3) is 0.0526. The second kappa shape index (κ2) is 3.86. The first-order chi connectivity index (χ1) is 10.3. The second-order valence-electron chi connectivity index (χ2n) is 5.47. The maximum Gasteiger partial charge on any atom is 0.139 e. The maximum absolute atomic E-state index is 6.09. The van der Waals surface area contributed by atoms with E-state index in [4.69, 9.17) is 4.42 Å². The number of aryl methyl sites for hydroxylation is 1. The van der Waals surface area contributed by atoms with E-state index in [1.165, 1.54) is 36.5 Å². The lowest BCUT2D eigenvalue weighted by Crippen LogP contribution is -1.75. The zero-order valence-electron chi connectivity index (χ0n) is 11.5. The number of rotatable bonds is 0. The molecule has 100 valence electrons. The Bertz CT molecular complexity index is 1140. The van der Waals surface area contributed by atoms with Crippen LogP contribution in [0.5, 0.6) is 0 Å². The number of hydrogen-bond donors (Lipinski definition) is 0. The summed E-state index contributed by atoms with van der Waals surface area (Å²) >= 11 is 1.86. The van der Waals surface area contributed by atoms with Crippen LogP contribution in [0.25, 0.3) is 42.1 Å². The number of para-hydroxylation sites is 1. The van der Waals surface area contributed by atoms with Crippen LogP contribution in [-0.4, -0.2) is 0 Å². The Balaban J connectivity index is 2.17. The molecule has 2 aromatic heterocycles. The summed E-state index contributed by atoms with van der Waals surface area (Å²) in [4.78, 5) is 0. The molecule has 0 bridgehead atoms. The molecule has 0 radical (unpaired) electrons. The van der Waals surface area contributed by atoms with Crippen LogP contribution >= 0.6 is 11.3 Å². The van der Waals surface area contributed by atoms with E-state index >= 15 is 0 Å². The second-order valence-corrected chi connectivity index (χ2v) is 6.52. The molecule has 0 N–H and O–H groups in total. The van der Waals surface area contributed by atoms with Crippen LogP contribution < -0.4 is 0 Å². The summed E-state index contributed by atoms with van der Waals surface area (Å²) in [6.07, 6.45) is 0. The number of thiophene rings is 1. The van der Waals surface area contributed by atoms with Gasteiger partial charge < -0.3 is 4.42 Å². The van der Waals surface area contributed by atoms with E-state index in [0.717, 1.165) is 11.2 Å². The summed E-state index contributed by atoms with van der Waals surface area (Å²) in [6.45, 7) is 2.14. The number of furan rings is 1. The van der Waals surface area contributed by atoms with Crippen molar-refractivity contribution >= 4 is 53.4 Å². The van der Waals surface area contributed by atoms with Crippen molar-refractivity contribution in [2.45, 2.75) is 6.92 Å². The molecule has 5 aromatic rings. The van der Waals surface area contributed by atoms with Gasteiger partial charge in [0.25, 0.3) is 0 Å². The molecular formula is C19H12OS. The van der Waals surface area contributed by atoms with Crippen molar-refractivity contribution in [3.63, 3.8) is 0 Å². The Hall–Kier alpha value is -2.32. The zero-order valence-corrected chi connectivity index (χ0v) is 12.3. The predicted octanol–water partition coefficient (Wildman–Crippen LogP) is 6.26. The van der Waals surface area contributed by atoms with E-state index in [0.29, 0.717) is 0 Å². The first-order valence-electron chi connectivity index (χ1n) is 7.05. The highest BCUT2D eigenvalue weighted by Crippen LogP contribution is 2.43. The first kappa shape index (κ1) is 11.4. The highest BCUT2D eigenvalue weighted by atomic mass is 32.1. The third-order valence-electron chi connectivity index (χ3n) is 4.18. The molecule has 0 amide bonds. The molecule has 0 aliphatic heterocycles. The van der Waals surface area contributed by atoms with Crippen molar-refractivity contribution in [2.24, 2.45) is 0 Å². The van der Waals surface area contributed by atoms with Gasteiger partial charge in [0.2, 0.25) is 0 Å². The molecule has 0 atom stereocenters. The molecule has 1 nitrogen and oxygen atoms in total. The molecule has 2 heterocycles. The lowest BCUT2D eigenvalue weighted by molar-refractivity contribution is 0.666. The molecule has 21 heavy (non-hydrogen) atoms. The van der Waals surface area contributed by atoms with Crippen molar-refractivity contribution in [3.05, 3.63) is 60.2 Å². The van der Waals surface area contributed by atoms with Gasteiger partial charge >= 0.3 is 0 Å². The molecule has 0 spiro atoms. The average Bonchev–Trinajstić information content (AvgIpc) is 3.06. The summed E-state index contributed by atoms with van der Waals surface area (Å²) in [6, 6.07) is 19.2. The molecule has 0 saturated carbocycles. The average molecular weight is 288 g/mol. The van der Waals surface area contributed by atoms with E-state index in [2.05, 4.69) is 49.4 Å². The van der Waals surface area contributed by atoms with Gasteiger partial charge in [-0.25, -0.2) is 0 Å². The van der Waals surface area contributed by atoms with Gasteiger partial charge in [-0.15, -0.1) is 11.3 Å². The van der Waals surface area contributed by atoms with E-state index in [-0.39, 0.29) is 0 Å². The van der Waals surface area contributed by atoms with Crippen LogP contribution in [0.1, 0.15) is 5.56 Å². The molecule has 0 fully saturated rings. The van der Waals surface area contributed by atoms with E-state index in [1.807, 2.05) is 23.5 Å². The Morgan fingerprint density at radius 1 is 0.857 bits per heavy atom. The molecule has 0 saturated heterocycles. The van der Waals surface area contributed by atoms with E-state index in [9.17, 15) is 0 Å². The highest BCUT2D eigenvalue weighted by Gasteiger charge is 2.15. The van der Waals surface area contributed by atoms with Crippen molar-refractivity contribution in [2.75, 3.05) is 0 Å². The molecule has 3 aromatic carbocycles. The van der Waals surface area contributed by atoms with E-state index in [1.54, 1.807) is 0 Å². The monoisotopic (exact) mass is 288 g/mol. The lowest BCUT2D eigenvalue weighted by atomic mass is 10.0. The van der Waals surface area contributed by atoms with Crippen molar-refractivity contribution < 1.29 is 4.42 Å². The fourth-order valence-corrected chi connectivity index (χ4v) is 4.46. The number of benzene rings is 3. The van der Waals surface area contributed by atoms with Gasteiger partial charge in [-0.1, -0.05) is 36.4 Å². The SMILES string of the molecule is Cc1cc2c3ccccc3sc2c2c1oc1ccccc12. The molecule has 0 aliphatic rings. The maximum atomic E-state index is 6.09. The minimum absolute atomic E-state index is 0.973. The molecule has 0 aliphatic carbocycles. The van der Waals surface area contributed by atoms with Gasteiger partial charge in [0.05, 0.1) is 0 Å². The number of fused-ring (bicyclic) bond motifs is 7. The minimum Gasteiger partial charge on any atom is -0.456 e. The van der Waals surface area contributed by atoms with Crippen LogP contribution in [-0.2, 0) is 0 Å². The highest BCUT2D eigenvalue weighted by molar-refractivity contribution is 7.26. The lowest BCUT2D eigenvalue weighted by Gasteiger charge is -1.98. The minimum atomic E-state index is 0.973. The summed E-state index contributed by atoms with van der Waals surface area (Å²) in [5.74, 6) is 0. The summed E-state index contributed by atoms with van der Waals surface area (Å²) in [5.41, 5.74) is 3.20. The Morgan fingerprint density at radius 3 is 2.52 bits per heavy atom. The van der Waals surface area contributed by atoms with Gasteiger partial charge in [0.1, 0.15) is 11.2 Å². The smallest absolute Gasteiger partial charge is 0.139 e. The molecular weight excluding hydrogens is 276 g/mol. The van der Waals surface area contributed by atoms with Crippen LogP contribution in [0.2, 0.25) is 0 Å². The van der Waals surface area contributed by atoms with Crippen molar-refractivity contribution in [1.29, 1.82) is 0 Å². The van der Waals surface area contributed by atoms with Gasteiger partial charge in [-0.05, 0) is 30.7 Å². The third kappa shape index (κ3) is 1.40. The summed E-state index contributed by atoms with van der Waals surface area (Å²) in [7, 11) is 0. The molecule has 5 rings (SSSR count). The largest absolute Gasteiger partial charge is 0.456 e. The first-order valence-corrected chi connectivity index (χ1v) is 7.87. The summed E-state index contributed by atoms with van der Waals surface area (Å²) in [5, 5.41) is 5.16. The molecule has 0 unspecified atom stereocenters. The topological polar surface area (TPSA) is 13.1 Å². The van der Waals surface area contributed by atoms with Crippen LogP contribution in [0.3, 0.4) is 0 Å². The fourth-order valence-electron chi connectivity index (χ4n) is 3.23. The number of hydrogen-bond acceptors (Lipinski definition) is 2. The van der Waals surface area contributed by atoms with Gasteiger partial charge in [0.15, 0.2) is 0 Å². The van der Waals surface area contributed by atoms with Gasteiger partial charge in [-0.3, -0.25) is 0 Å². The normalized spacial score (nSPS) is 12.0. The van der Waals surface area contributed by atoms with Crippen LogP contribution in [0, 0.1) is 6.92 Å². The van der Waals surface area contributed by atoms with Crippen LogP contribution in [0.15, 0.2) is 59.0 Å². The summed E-state index contributed by atoms with van der Waals surface area (Å²) < 4.78 is 8.77. The van der Waals surface area contributed by atoms with Crippen molar-refractivity contribution in [3.8, 4) is 0 Å². The van der Waals surface area contributed by atoms with Gasteiger partial charge in [0, 0.05) is 30.9 Å². The standard InChI is InChI=1S/C19H12OS/c1-11-10-14-12-6-3-5-9-16(12)21-19(14)17-13-7-2-4-8-15(13)20-18(11)17/h2-10H,1H3. The predicted molar refractivity (Wildman–Crippen MR) is 91.3 cm³/mol. The quantitative estimate of drug-likeness (QED) is 0.327. The van der Waals surface area contributed by atoms with Gasteiger partial charge in [-0.2, -0.15) is 0 Å². The van der Waals surface area contributed by atoms with Crippen molar-refractivity contribution in [1.82, 2.24) is 0 Å². The van der Waals surface area contributed by atoms with Crippen LogP contribution in [0.4, 0.5) is 0 Å². The van der Waals surface area contributed by atoms with E-state index < -0.39 is 0 Å². The molecule has 2 heteroatoms. The Labute approximate surface area is 125 Å².